The first-order chi connectivity index (χ1) is 13.0. The zero-order valence-corrected chi connectivity index (χ0v) is 19.2. The minimum atomic E-state index is 0.167. The third kappa shape index (κ3) is 2.49. The third-order valence-corrected chi connectivity index (χ3v) is 9.88. The Labute approximate surface area is 179 Å². The molecule has 2 saturated carbocycles. The summed E-state index contributed by atoms with van der Waals surface area (Å²) < 4.78 is 1.12. The molecule has 1 amide bonds. The predicted molar refractivity (Wildman–Crippen MR) is 120 cm³/mol. The second-order valence-electron chi connectivity index (χ2n) is 8.83. The van der Waals surface area contributed by atoms with Gasteiger partial charge < -0.3 is 4.90 Å². The molecule has 1 saturated heterocycles. The largest absolute Gasteiger partial charge is 0.322 e. The van der Waals surface area contributed by atoms with E-state index in [1.165, 1.54) is 75.2 Å². The average Bonchev–Trinajstić information content (AvgIpc) is 2.97. The van der Waals surface area contributed by atoms with E-state index in [1.54, 1.807) is 11.3 Å². The quantitative estimate of drug-likeness (QED) is 0.341. The van der Waals surface area contributed by atoms with Crippen LogP contribution in [0.25, 0.3) is 10.2 Å². The third-order valence-electron chi connectivity index (χ3n) is 7.36. The Morgan fingerprint density at radius 2 is 1.59 bits per heavy atom. The van der Waals surface area contributed by atoms with Crippen molar-refractivity contribution < 1.29 is 4.79 Å². The Morgan fingerprint density at radius 3 is 2.15 bits per heavy atom. The first-order valence-corrected chi connectivity index (χ1v) is 12.3. The zero-order chi connectivity index (χ0) is 18.8. The lowest BCUT2D eigenvalue weighted by molar-refractivity contribution is 0.0819. The summed E-state index contributed by atoms with van der Waals surface area (Å²) in [6.07, 6.45) is 12.7. The molecule has 0 unspecified atom stereocenters. The van der Waals surface area contributed by atoms with E-state index >= 15 is 0 Å². The van der Waals surface area contributed by atoms with Crippen molar-refractivity contribution in [2.24, 2.45) is 0 Å². The molecule has 0 radical (unpaired) electrons. The number of halogens is 1. The van der Waals surface area contributed by atoms with E-state index in [-0.39, 0.29) is 11.1 Å². The second kappa shape index (κ2) is 6.41. The van der Waals surface area contributed by atoms with E-state index in [2.05, 4.69) is 40.5 Å². The molecule has 144 valence electrons. The smallest absolute Gasteiger partial charge is 0.266 e. The van der Waals surface area contributed by atoms with Crippen molar-refractivity contribution in [2.45, 2.75) is 89.1 Å². The number of hydrogen-bond donors (Lipinski definition) is 0. The van der Waals surface area contributed by atoms with Gasteiger partial charge in [-0.05, 0) is 73.8 Å². The number of thiophene rings is 1. The lowest BCUT2D eigenvalue weighted by atomic mass is 9.73. The first-order valence-electron chi connectivity index (χ1n) is 10.4. The van der Waals surface area contributed by atoms with Crippen molar-refractivity contribution in [3.05, 3.63) is 25.8 Å². The molecular formula is C22H27IN2OS. The first kappa shape index (κ1) is 18.3. The molecule has 3 aliphatic rings. The van der Waals surface area contributed by atoms with Gasteiger partial charge in [-0.1, -0.05) is 38.5 Å². The summed E-state index contributed by atoms with van der Waals surface area (Å²) in [5.74, 6) is 0.295. The van der Waals surface area contributed by atoms with E-state index in [0.29, 0.717) is 5.91 Å². The SMILES string of the molecule is Cc1cc(C)c2c(I)c(C(=O)N3C4(CCCCC4)C34CCCCC4)sc2n1. The number of carbonyl (C=O) groups excluding carboxylic acids is 1. The Morgan fingerprint density at radius 1 is 1.04 bits per heavy atom. The predicted octanol–water partition coefficient (Wildman–Crippen LogP) is 6.38. The molecule has 0 N–H and O–H groups in total. The van der Waals surface area contributed by atoms with E-state index < -0.39 is 0 Å². The van der Waals surface area contributed by atoms with Gasteiger partial charge in [0.25, 0.3) is 5.91 Å². The summed E-state index contributed by atoms with van der Waals surface area (Å²) in [6, 6.07) is 2.13. The molecule has 2 aromatic heterocycles. The summed E-state index contributed by atoms with van der Waals surface area (Å²) in [5.41, 5.74) is 2.61. The van der Waals surface area contributed by atoms with E-state index in [4.69, 9.17) is 4.98 Å². The van der Waals surface area contributed by atoms with Gasteiger partial charge in [0.2, 0.25) is 0 Å². The summed E-state index contributed by atoms with van der Waals surface area (Å²) in [6.45, 7) is 4.18. The second-order valence-corrected chi connectivity index (χ2v) is 10.9. The number of aryl methyl sites for hydroxylation is 2. The van der Waals surface area contributed by atoms with Crippen LogP contribution in [0.4, 0.5) is 0 Å². The van der Waals surface area contributed by atoms with E-state index in [9.17, 15) is 4.79 Å². The molecule has 2 spiro atoms. The van der Waals surface area contributed by atoms with Crippen LogP contribution in [0.15, 0.2) is 6.07 Å². The van der Waals surface area contributed by atoms with E-state index in [0.717, 1.165) is 19.0 Å². The summed E-state index contributed by atoms with van der Waals surface area (Å²) in [4.78, 5) is 22.9. The van der Waals surface area contributed by atoms with Crippen LogP contribution in [0.2, 0.25) is 0 Å². The number of hydrogen-bond acceptors (Lipinski definition) is 3. The topological polar surface area (TPSA) is 33.0 Å². The molecule has 27 heavy (non-hydrogen) atoms. The number of amides is 1. The highest BCUT2D eigenvalue weighted by Crippen LogP contribution is 2.66. The van der Waals surface area contributed by atoms with Crippen LogP contribution in [0, 0.1) is 17.4 Å². The highest BCUT2D eigenvalue weighted by Gasteiger charge is 2.75. The van der Waals surface area contributed by atoms with Crippen LogP contribution >= 0.6 is 33.9 Å². The van der Waals surface area contributed by atoms with Crippen molar-refractivity contribution in [3.63, 3.8) is 0 Å². The standard InChI is InChI=1S/C22H27IN2OS/c1-14-13-15(2)24-19-16(14)17(23)18(27-19)20(26)25-21(9-5-3-6-10-21)22(25)11-7-4-8-12-22/h13H,3-12H2,1-2H3. The molecule has 5 heteroatoms. The van der Waals surface area contributed by atoms with Crippen LogP contribution < -0.4 is 0 Å². The van der Waals surface area contributed by atoms with Crippen molar-refractivity contribution >= 4 is 50.1 Å². The van der Waals surface area contributed by atoms with Crippen LogP contribution in [-0.4, -0.2) is 26.9 Å². The molecule has 2 aromatic rings. The highest BCUT2D eigenvalue weighted by atomic mass is 127. The zero-order valence-electron chi connectivity index (χ0n) is 16.2. The number of aromatic nitrogens is 1. The molecule has 3 heterocycles. The van der Waals surface area contributed by atoms with Crippen molar-refractivity contribution in [1.29, 1.82) is 0 Å². The highest BCUT2D eigenvalue weighted by molar-refractivity contribution is 14.1. The summed E-state index contributed by atoms with van der Waals surface area (Å²) >= 11 is 4.00. The molecule has 0 bridgehead atoms. The van der Waals surface area contributed by atoms with E-state index in [1.807, 2.05) is 6.92 Å². The molecule has 3 fully saturated rings. The van der Waals surface area contributed by atoms with Gasteiger partial charge in [-0.15, -0.1) is 11.3 Å². The number of carbonyl (C=O) groups is 1. The fourth-order valence-corrected chi connectivity index (χ4v) is 8.79. The van der Waals surface area contributed by atoms with Gasteiger partial charge >= 0.3 is 0 Å². The summed E-state index contributed by atoms with van der Waals surface area (Å²) in [5, 5.41) is 1.19. The lowest BCUT2D eigenvalue weighted by Gasteiger charge is -2.27. The fourth-order valence-electron chi connectivity index (χ4n) is 6.24. The molecule has 5 rings (SSSR count). The lowest BCUT2D eigenvalue weighted by Crippen LogP contribution is -2.30. The van der Waals surface area contributed by atoms with Gasteiger partial charge in [0.05, 0.1) is 11.1 Å². The summed E-state index contributed by atoms with van der Waals surface area (Å²) in [7, 11) is 0. The molecule has 0 aromatic carbocycles. The molecule has 1 aliphatic heterocycles. The van der Waals surface area contributed by atoms with Crippen molar-refractivity contribution in [3.8, 4) is 0 Å². The van der Waals surface area contributed by atoms with Gasteiger partial charge in [0.1, 0.15) is 9.71 Å². The van der Waals surface area contributed by atoms with Gasteiger partial charge in [0.15, 0.2) is 0 Å². The monoisotopic (exact) mass is 494 g/mol. The minimum Gasteiger partial charge on any atom is -0.322 e. The molecule has 0 atom stereocenters. The van der Waals surface area contributed by atoms with Gasteiger partial charge in [0, 0.05) is 14.7 Å². The van der Waals surface area contributed by atoms with Gasteiger partial charge in [-0.2, -0.15) is 0 Å². The van der Waals surface area contributed by atoms with Gasteiger partial charge in [-0.3, -0.25) is 4.79 Å². The van der Waals surface area contributed by atoms with Crippen LogP contribution in [0.3, 0.4) is 0 Å². The normalized spacial score (nSPS) is 23.3. The Kier molecular flexibility index (Phi) is 4.35. The Hall–Kier alpha value is -0.690. The minimum absolute atomic E-state index is 0.167. The molecule has 2 aliphatic carbocycles. The van der Waals surface area contributed by atoms with Gasteiger partial charge in [-0.25, -0.2) is 4.98 Å². The molecular weight excluding hydrogens is 467 g/mol. The number of pyridine rings is 1. The van der Waals surface area contributed by atoms with Crippen molar-refractivity contribution in [2.75, 3.05) is 0 Å². The van der Waals surface area contributed by atoms with Crippen LogP contribution in [0.5, 0.6) is 0 Å². The maximum absolute atomic E-state index is 13.8. The maximum Gasteiger partial charge on any atom is 0.266 e. The Bertz CT molecular complexity index is 898. The Balaban J connectivity index is 1.58. The number of nitrogens with zero attached hydrogens (tertiary/aromatic N) is 2. The number of rotatable bonds is 1. The number of fused-ring (bicyclic) bond motifs is 2. The average molecular weight is 494 g/mol. The van der Waals surface area contributed by atoms with Crippen LogP contribution in [-0.2, 0) is 0 Å². The maximum atomic E-state index is 13.8. The fraction of sp³-hybridized carbons (Fsp3) is 0.636. The van der Waals surface area contributed by atoms with Crippen molar-refractivity contribution in [1.82, 2.24) is 9.88 Å². The van der Waals surface area contributed by atoms with Crippen LogP contribution in [0.1, 0.15) is 85.1 Å². The molecule has 3 nitrogen and oxygen atoms in total.